The van der Waals surface area contributed by atoms with E-state index in [1.165, 1.54) is 7.11 Å². The fraction of sp³-hybridized carbons (Fsp3) is 0.333. The Morgan fingerprint density at radius 3 is 2.92 bits per heavy atom. The van der Waals surface area contributed by atoms with Crippen LogP contribution in [0.25, 0.3) is 11.3 Å². The number of carbonyl (C=O) groups is 2. The highest BCUT2D eigenvalue weighted by atomic mass is 16.5. The molecule has 2 aromatic rings. The number of nitrogens with one attached hydrogen (secondary N) is 1. The zero-order valence-corrected chi connectivity index (χ0v) is 14.2. The molecule has 1 aliphatic heterocycles. The van der Waals surface area contributed by atoms with Gasteiger partial charge in [-0.2, -0.15) is 0 Å². The van der Waals surface area contributed by atoms with Crippen LogP contribution in [0.4, 0.5) is 0 Å². The highest BCUT2D eigenvalue weighted by Crippen LogP contribution is 2.26. The van der Waals surface area contributed by atoms with E-state index in [2.05, 4.69) is 15.3 Å². The molecule has 0 aliphatic carbocycles. The van der Waals surface area contributed by atoms with Gasteiger partial charge in [0, 0.05) is 49.1 Å². The van der Waals surface area contributed by atoms with E-state index in [1.54, 1.807) is 29.4 Å². The predicted octanol–water partition coefficient (Wildman–Crippen LogP) is 1.50. The first-order valence-corrected chi connectivity index (χ1v) is 8.13. The third-order valence-electron chi connectivity index (χ3n) is 4.21. The van der Waals surface area contributed by atoms with Crippen molar-refractivity contribution in [1.29, 1.82) is 0 Å². The molecule has 7 nitrogen and oxygen atoms in total. The molecule has 0 radical (unpaired) electrons. The van der Waals surface area contributed by atoms with Crippen molar-refractivity contribution in [2.75, 3.05) is 20.2 Å². The molecule has 1 N–H and O–H groups in total. The molecular formula is C18H20N4O3. The molecular weight excluding hydrogens is 320 g/mol. The van der Waals surface area contributed by atoms with Gasteiger partial charge in [0.15, 0.2) is 0 Å². The van der Waals surface area contributed by atoms with Crippen LogP contribution in [0.5, 0.6) is 5.88 Å². The van der Waals surface area contributed by atoms with Gasteiger partial charge in [-0.1, -0.05) is 12.1 Å². The molecule has 130 valence electrons. The second-order valence-corrected chi connectivity index (χ2v) is 5.90. The quantitative estimate of drug-likeness (QED) is 0.915. The van der Waals surface area contributed by atoms with E-state index in [1.807, 2.05) is 19.1 Å². The van der Waals surface area contributed by atoms with Gasteiger partial charge in [-0.05, 0) is 19.1 Å². The molecule has 1 aromatic carbocycles. The standard InChI is InChI=1S/C18H20N4O3/c1-12-11-21-15(23)6-9-22(12)18(24)14-5-3-4-13(10-14)16-17(25-2)20-8-7-19-16/h3-5,7-8,10,12H,6,9,11H2,1-2H3,(H,21,23). The highest BCUT2D eigenvalue weighted by Gasteiger charge is 2.25. The van der Waals surface area contributed by atoms with Crippen molar-refractivity contribution in [2.24, 2.45) is 0 Å². The number of benzene rings is 1. The summed E-state index contributed by atoms with van der Waals surface area (Å²) in [6.45, 7) is 2.80. The number of aromatic nitrogens is 2. The molecule has 0 spiro atoms. The summed E-state index contributed by atoms with van der Waals surface area (Å²) >= 11 is 0. The van der Waals surface area contributed by atoms with Crippen LogP contribution in [0.1, 0.15) is 23.7 Å². The maximum Gasteiger partial charge on any atom is 0.254 e. The first kappa shape index (κ1) is 16.9. The maximum absolute atomic E-state index is 12.9. The molecule has 7 heteroatoms. The topological polar surface area (TPSA) is 84.4 Å². The first-order chi connectivity index (χ1) is 12.1. The SMILES string of the molecule is COc1nccnc1-c1cccc(C(=O)N2CCC(=O)NCC2C)c1. The van der Waals surface area contributed by atoms with Crippen molar-refractivity contribution >= 4 is 11.8 Å². The lowest BCUT2D eigenvalue weighted by Crippen LogP contribution is -2.41. The lowest BCUT2D eigenvalue weighted by atomic mass is 10.1. The Morgan fingerprint density at radius 1 is 1.32 bits per heavy atom. The van der Waals surface area contributed by atoms with Gasteiger partial charge in [0.2, 0.25) is 11.8 Å². The van der Waals surface area contributed by atoms with Crippen LogP contribution in [0.3, 0.4) is 0 Å². The van der Waals surface area contributed by atoms with Gasteiger partial charge in [0.05, 0.1) is 7.11 Å². The van der Waals surface area contributed by atoms with Gasteiger partial charge in [-0.3, -0.25) is 9.59 Å². The molecule has 0 saturated carbocycles. The van der Waals surface area contributed by atoms with Crippen LogP contribution in [0.2, 0.25) is 0 Å². The van der Waals surface area contributed by atoms with Crippen molar-refractivity contribution in [1.82, 2.24) is 20.2 Å². The largest absolute Gasteiger partial charge is 0.479 e. The number of amides is 2. The zero-order valence-electron chi connectivity index (χ0n) is 14.2. The lowest BCUT2D eigenvalue weighted by molar-refractivity contribution is -0.120. The predicted molar refractivity (Wildman–Crippen MR) is 92.1 cm³/mol. The summed E-state index contributed by atoms with van der Waals surface area (Å²) < 4.78 is 5.25. The second kappa shape index (κ2) is 7.29. The zero-order chi connectivity index (χ0) is 17.8. The Bertz CT molecular complexity index is 793. The molecule has 0 bridgehead atoms. The van der Waals surface area contributed by atoms with Crippen LogP contribution in [-0.4, -0.2) is 52.9 Å². The minimum Gasteiger partial charge on any atom is -0.479 e. The molecule has 1 saturated heterocycles. The van der Waals surface area contributed by atoms with Gasteiger partial charge < -0.3 is 15.0 Å². The third kappa shape index (κ3) is 3.60. The number of ether oxygens (including phenoxy) is 1. The fourth-order valence-corrected chi connectivity index (χ4v) is 2.84. The molecule has 1 aliphatic rings. The van der Waals surface area contributed by atoms with Crippen LogP contribution in [-0.2, 0) is 4.79 Å². The summed E-state index contributed by atoms with van der Waals surface area (Å²) in [5, 5.41) is 2.82. The maximum atomic E-state index is 12.9. The molecule has 1 fully saturated rings. The number of carbonyl (C=O) groups excluding carboxylic acids is 2. The molecule has 2 heterocycles. The van der Waals surface area contributed by atoms with Crippen molar-refractivity contribution in [3.8, 4) is 17.1 Å². The molecule has 1 unspecified atom stereocenters. The smallest absolute Gasteiger partial charge is 0.254 e. The third-order valence-corrected chi connectivity index (χ3v) is 4.21. The normalized spacial score (nSPS) is 17.6. The summed E-state index contributed by atoms with van der Waals surface area (Å²) in [6.07, 6.45) is 3.45. The molecule has 1 aromatic heterocycles. The number of rotatable bonds is 3. The highest BCUT2D eigenvalue weighted by molar-refractivity contribution is 5.96. The van der Waals surface area contributed by atoms with Gasteiger partial charge >= 0.3 is 0 Å². The summed E-state index contributed by atoms with van der Waals surface area (Å²) in [6, 6.07) is 7.15. The molecule has 3 rings (SSSR count). The molecule has 25 heavy (non-hydrogen) atoms. The second-order valence-electron chi connectivity index (χ2n) is 5.90. The monoisotopic (exact) mass is 340 g/mol. The Kier molecular flexibility index (Phi) is 4.92. The summed E-state index contributed by atoms with van der Waals surface area (Å²) in [4.78, 5) is 34.7. The number of hydrogen-bond acceptors (Lipinski definition) is 5. The molecule has 1 atom stereocenters. The number of hydrogen-bond donors (Lipinski definition) is 1. The van der Waals surface area contributed by atoms with E-state index in [0.29, 0.717) is 36.6 Å². The van der Waals surface area contributed by atoms with Gasteiger partial charge in [-0.15, -0.1) is 0 Å². The van der Waals surface area contributed by atoms with E-state index in [0.717, 1.165) is 5.56 Å². The molecule has 2 amide bonds. The Morgan fingerprint density at radius 2 is 2.12 bits per heavy atom. The first-order valence-electron chi connectivity index (χ1n) is 8.13. The van der Waals surface area contributed by atoms with Crippen molar-refractivity contribution in [3.05, 3.63) is 42.2 Å². The van der Waals surface area contributed by atoms with Crippen LogP contribution >= 0.6 is 0 Å². The van der Waals surface area contributed by atoms with Crippen molar-refractivity contribution < 1.29 is 14.3 Å². The van der Waals surface area contributed by atoms with Crippen LogP contribution in [0.15, 0.2) is 36.7 Å². The minimum atomic E-state index is -0.103. The minimum absolute atomic E-state index is 0.0276. The average molecular weight is 340 g/mol. The van der Waals surface area contributed by atoms with Gasteiger partial charge in [0.1, 0.15) is 5.69 Å². The van der Waals surface area contributed by atoms with E-state index >= 15 is 0 Å². The number of methoxy groups -OCH3 is 1. The van der Waals surface area contributed by atoms with Crippen LogP contribution in [0, 0.1) is 0 Å². The van der Waals surface area contributed by atoms with E-state index in [9.17, 15) is 9.59 Å². The van der Waals surface area contributed by atoms with Crippen LogP contribution < -0.4 is 10.1 Å². The van der Waals surface area contributed by atoms with Gasteiger partial charge in [-0.25, -0.2) is 9.97 Å². The Balaban J connectivity index is 1.90. The van der Waals surface area contributed by atoms with E-state index in [4.69, 9.17) is 4.74 Å². The summed E-state index contributed by atoms with van der Waals surface area (Å²) in [5.41, 5.74) is 1.89. The summed E-state index contributed by atoms with van der Waals surface area (Å²) in [5.74, 6) is 0.277. The Hall–Kier alpha value is -2.96. The van der Waals surface area contributed by atoms with Gasteiger partial charge in [0.25, 0.3) is 5.91 Å². The van der Waals surface area contributed by atoms with E-state index in [-0.39, 0.29) is 17.9 Å². The van der Waals surface area contributed by atoms with E-state index < -0.39 is 0 Å². The van der Waals surface area contributed by atoms with Crippen molar-refractivity contribution in [2.45, 2.75) is 19.4 Å². The Labute approximate surface area is 146 Å². The lowest BCUT2D eigenvalue weighted by Gasteiger charge is -2.26. The fourth-order valence-electron chi connectivity index (χ4n) is 2.84. The number of nitrogens with zero attached hydrogens (tertiary/aromatic N) is 3. The summed E-state index contributed by atoms with van der Waals surface area (Å²) in [7, 11) is 1.53. The average Bonchev–Trinajstić information content (AvgIpc) is 2.82. The van der Waals surface area contributed by atoms with Crippen molar-refractivity contribution in [3.63, 3.8) is 0 Å².